The number of imidazole rings is 1. The molecule has 21 heavy (non-hydrogen) atoms. The standard InChI is InChI=1S/C12H10N6O2S/c13-10-11(15-5-4-14-10)21-7-8-12(18(19)20)17-6-2-1-3-9(17)16-8/h1-6H,7H2,(H2,13,14). The molecular weight excluding hydrogens is 292 g/mol. The van der Waals surface area contributed by atoms with Gasteiger partial charge in [0.2, 0.25) is 5.65 Å². The number of pyridine rings is 1. The average Bonchev–Trinajstić information content (AvgIpc) is 2.85. The topological polar surface area (TPSA) is 112 Å². The van der Waals surface area contributed by atoms with Gasteiger partial charge in [0.1, 0.15) is 10.7 Å². The van der Waals surface area contributed by atoms with Gasteiger partial charge >= 0.3 is 5.82 Å². The highest BCUT2D eigenvalue weighted by Gasteiger charge is 2.22. The zero-order chi connectivity index (χ0) is 14.8. The van der Waals surface area contributed by atoms with Crippen LogP contribution in [0, 0.1) is 10.1 Å². The molecule has 9 heteroatoms. The van der Waals surface area contributed by atoms with E-state index in [1.165, 1.54) is 28.6 Å². The van der Waals surface area contributed by atoms with E-state index in [1.807, 2.05) is 0 Å². The molecule has 2 N–H and O–H groups in total. The minimum absolute atomic E-state index is 0.0411. The molecule has 0 unspecified atom stereocenters. The van der Waals surface area contributed by atoms with Gasteiger partial charge in [0, 0.05) is 18.5 Å². The Morgan fingerprint density at radius 3 is 2.90 bits per heavy atom. The Bertz CT molecular complexity index is 818. The molecular formula is C12H10N6O2S. The maximum absolute atomic E-state index is 11.3. The van der Waals surface area contributed by atoms with Gasteiger partial charge in [-0.15, -0.1) is 0 Å². The lowest BCUT2D eigenvalue weighted by molar-refractivity contribution is -0.391. The van der Waals surface area contributed by atoms with Gasteiger partial charge in [-0.1, -0.05) is 17.8 Å². The van der Waals surface area contributed by atoms with Crippen LogP contribution in [0.3, 0.4) is 0 Å². The number of nitrogen functional groups attached to an aromatic ring is 1. The molecule has 0 aromatic carbocycles. The van der Waals surface area contributed by atoms with Crippen molar-refractivity contribution in [3.05, 3.63) is 52.6 Å². The molecule has 3 aromatic rings. The van der Waals surface area contributed by atoms with Crippen LogP contribution in [0.5, 0.6) is 0 Å². The van der Waals surface area contributed by atoms with E-state index in [2.05, 4.69) is 15.0 Å². The lowest BCUT2D eigenvalue weighted by Gasteiger charge is -2.01. The number of hydrogen-bond donors (Lipinski definition) is 1. The van der Waals surface area contributed by atoms with Crippen LogP contribution in [-0.2, 0) is 5.75 Å². The maximum Gasteiger partial charge on any atom is 0.351 e. The quantitative estimate of drug-likeness (QED) is 0.445. The number of rotatable bonds is 4. The van der Waals surface area contributed by atoms with Crippen molar-refractivity contribution < 1.29 is 4.92 Å². The molecule has 0 aliphatic heterocycles. The predicted octanol–water partition coefficient (Wildman–Crippen LogP) is 1.91. The highest BCUT2D eigenvalue weighted by atomic mass is 32.2. The lowest BCUT2D eigenvalue weighted by Crippen LogP contribution is -1.98. The molecule has 8 nitrogen and oxygen atoms in total. The van der Waals surface area contributed by atoms with Crippen LogP contribution in [0.1, 0.15) is 5.69 Å². The number of aromatic nitrogens is 4. The SMILES string of the molecule is Nc1nccnc1SCc1nc2ccccn2c1[N+](=O)[O-]. The molecule has 3 heterocycles. The van der Waals surface area contributed by atoms with Crippen LogP contribution in [0.2, 0.25) is 0 Å². The summed E-state index contributed by atoms with van der Waals surface area (Å²) in [6, 6.07) is 5.22. The fraction of sp³-hybridized carbons (Fsp3) is 0.0833. The molecule has 0 saturated carbocycles. The highest BCUT2D eigenvalue weighted by Crippen LogP contribution is 2.29. The van der Waals surface area contributed by atoms with E-state index in [4.69, 9.17) is 5.73 Å². The first-order valence-corrected chi connectivity index (χ1v) is 6.95. The molecule has 0 radical (unpaired) electrons. The number of hydrogen-bond acceptors (Lipinski definition) is 7. The predicted molar refractivity (Wildman–Crippen MR) is 77.9 cm³/mol. The van der Waals surface area contributed by atoms with Crippen molar-refractivity contribution in [2.75, 3.05) is 5.73 Å². The van der Waals surface area contributed by atoms with Crippen molar-refractivity contribution in [3.63, 3.8) is 0 Å². The van der Waals surface area contributed by atoms with Crippen molar-refractivity contribution in [2.45, 2.75) is 10.8 Å². The molecule has 3 rings (SSSR count). The van der Waals surface area contributed by atoms with Gasteiger partial charge in [-0.05, 0) is 11.0 Å². The van der Waals surface area contributed by atoms with Crippen LogP contribution in [0.25, 0.3) is 5.65 Å². The molecule has 3 aromatic heterocycles. The van der Waals surface area contributed by atoms with Gasteiger partial charge < -0.3 is 15.8 Å². The smallest absolute Gasteiger partial charge is 0.351 e. The fourth-order valence-electron chi connectivity index (χ4n) is 1.91. The molecule has 0 spiro atoms. The minimum atomic E-state index is -0.435. The van der Waals surface area contributed by atoms with Crippen molar-refractivity contribution in [2.24, 2.45) is 0 Å². The first-order chi connectivity index (χ1) is 10.2. The molecule has 106 valence electrons. The zero-order valence-electron chi connectivity index (χ0n) is 10.7. The number of thioether (sulfide) groups is 1. The van der Waals surface area contributed by atoms with Gasteiger partial charge in [0.25, 0.3) is 0 Å². The lowest BCUT2D eigenvalue weighted by atomic mass is 10.5. The van der Waals surface area contributed by atoms with Gasteiger partial charge in [-0.25, -0.2) is 15.0 Å². The molecule has 0 fully saturated rings. The summed E-state index contributed by atoms with van der Waals surface area (Å²) >= 11 is 1.27. The summed E-state index contributed by atoms with van der Waals surface area (Å²) in [6.07, 6.45) is 4.63. The van der Waals surface area contributed by atoms with Crippen molar-refractivity contribution >= 4 is 29.0 Å². The highest BCUT2D eigenvalue weighted by molar-refractivity contribution is 7.98. The normalized spacial score (nSPS) is 10.9. The summed E-state index contributed by atoms with van der Waals surface area (Å²) in [6.45, 7) is 0. The van der Waals surface area contributed by atoms with Crippen LogP contribution >= 0.6 is 11.8 Å². The first-order valence-electron chi connectivity index (χ1n) is 5.96. The van der Waals surface area contributed by atoms with E-state index in [0.29, 0.717) is 27.9 Å². The molecule has 0 atom stereocenters. The van der Waals surface area contributed by atoms with Crippen LogP contribution in [0.15, 0.2) is 41.8 Å². The monoisotopic (exact) mass is 302 g/mol. The minimum Gasteiger partial charge on any atom is -0.381 e. The number of nitrogens with two attached hydrogens (primary N) is 1. The summed E-state index contributed by atoms with van der Waals surface area (Å²) < 4.78 is 1.45. The second-order valence-corrected chi connectivity index (χ2v) is 5.07. The third kappa shape index (κ3) is 2.50. The maximum atomic E-state index is 11.3. The van der Waals surface area contributed by atoms with E-state index in [-0.39, 0.29) is 5.82 Å². The van der Waals surface area contributed by atoms with E-state index in [1.54, 1.807) is 24.4 Å². The summed E-state index contributed by atoms with van der Waals surface area (Å²) in [5.74, 6) is 0.551. The zero-order valence-corrected chi connectivity index (χ0v) is 11.5. The molecule has 0 bridgehead atoms. The van der Waals surface area contributed by atoms with Gasteiger partial charge in [-0.2, -0.15) is 4.40 Å². The molecule has 0 aliphatic rings. The fourth-order valence-corrected chi connectivity index (χ4v) is 2.71. The number of nitro groups is 1. The van der Waals surface area contributed by atoms with E-state index < -0.39 is 4.92 Å². The van der Waals surface area contributed by atoms with Crippen molar-refractivity contribution in [1.82, 2.24) is 19.4 Å². The Kier molecular flexibility index (Phi) is 3.40. The van der Waals surface area contributed by atoms with Crippen molar-refractivity contribution in [1.29, 1.82) is 0 Å². The molecule has 0 amide bonds. The van der Waals surface area contributed by atoms with E-state index >= 15 is 0 Å². The van der Waals surface area contributed by atoms with E-state index in [9.17, 15) is 10.1 Å². The Balaban J connectivity index is 1.95. The van der Waals surface area contributed by atoms with Gasteiger partial charge in [0.15, 0.2) is 5.82 Å². The van der Waals surface area contributed by atoms with E-state index in [0.717, 1.165) is 0 Å². The Labute approximate surface area is 123 Å². The second kappa shape index (κ2) is 5.37. The second-order valence-electron chi connectivity index (χ2n) is 4.10. The third-order valence-electron chi connectivity index (χ3n) is 2.78. The third-order valence-corrected chi connectivity index (χ3v) is 3.79. The summed E-state index contributed by atoms with van der Waals surface area (Å²) in [5.41, 5.74) is 6.61. The average molecular weight is 302 g/mol. The van der Waals surface area contributed by atoms with Gasteiger partial charge in [-0.3, -0.25) is 0 Å². The first kappa shape index (κ1) is 13.3. The summed E-state index contributed by atoms with van der Waals surface area (Å²) in [7, 11) is 0. The number of fused-ring (bicyclic) bond motifs is 1. The molecule has 0 saturated heterocycles. The number of nitrogens with zero attached hydrogens (tertiary/aromatic N) is 5. The summed E-state index contributed by atoms with van der Waals surface area (Å²) in [4.78, 5) is 23.1. The Morgan fingerprint density at radius 2 is 2.14 bits per heavy atom. The Hall–Kier alpha value is -2.68. The molecule has 0 aliphatic carbocycles. The van der Waals surface area contributed by atoms with Crippen LogP contribution in [0.4, 0.5) is 11.6 Å². The number of anilines is 1. The van der Waals surface area contributed by atoms with Crippen LogP contribution < -0.4 is 5.73 Å². The summed E-state index contributed by atoms with van der Waals surface area (Å²) in [5, 5.41) is 11.8. The van der Waals surface area contributed by atoms with Crippen molar-refractivity contribution in [3.8, 4) is 0 Å². The largest absolute Gasteiger partial charge is 0.381 e. The van der Waals surface area contributed by atoms with Crippen LogP contribution in [-0.4, -0.2) is 24.3 Å². The van der Waals surface area contributed by atoms with Gasteiger partial charge in [0.05, 0.1) is 11.9 Å². The Morgan fingerprint density at radius 1 is 1.33 bits per heavy atom.